The molecular formula is C34H55F3N4. The van der Waals surface area contributed by atoms with Crippen LogP contribution in [0.25, 0.3) is 0 Å². The van der Waals surface area contributed by atoms with E-state index in [1.165, 1.54) is 66.8 Å². The smallest absolute Gasteiger partial charge is 0.318 e. The Bertz CT molecular complexity index is 1000. The van der Waals surface area contributed by atoms with Crippen LogP contribution in [0.15, 0.2) is 24.5 Å². The summed E-state index contributed by atoms with van der Waals surface area (Å²) in [5, 5.41) is 0. The van der Waals surface area contributed by atoms with Crippen LogP contribution >= 0.6 is 0 Å². The first-order valence-electron chi connectivity index (χ1n) is 15.4. The summed E-state index contributed by atoms with van der Waals surface area (Å²) in [6.45, 7) is 17.9. The van der Waals surface area contributed by atoms with Crippen molar-refractivity contribution in [3.63, 3.8) is 0 Å². The number of nitrogens with one attached hydrogen (secondary N) is 2. The molecule has 2 aromatic rings. The molecule has 3 rings (SSSR count). The highest BCUT2D eigenvalue weighted by Gasteiger charge is 2.26. The molecule has 4 nitrogen and oxygen atoms in total. The van der Waals surface area contributed by atoms with Gasteiger partial charge in [-0.3, -0.25) is 0 Å². The van der Waals surface area contributed by atoms with Gasteiger partial charge in [0.1, 0.15) is 12.4 Å². The summed E-state index contributed by atoms with van der Waals surface area (Å²) in [5.41, 5.74) is 10.4. The Morgan fingerprint density at radius 2 is 1.51 bits per heavy atom. The van der Waals surface area contributed by atoms with Crippen LogP contribution in [0.1, 0.15) is 127 Å². The van der Waals surface area contributed by atoms with Gasteiger partial charge in [0.05, 0.1) is 18.1 Å². The number of alkyl halides is 3. The summed E-state index contributed by atoms with van der Waals surface area (Å²) < 4.78 is 35.4. The third-order valence-corrected chi connectivity index (χ3v) is 6.56. The lowest BCUT2D eigenvalue weighted by atomic mass is 9.91. The molecule has 0 radical (unpaired) electrons. The second-order valence-corrected chi connectivity index (χ2v) is 10.7. The third-order valence-electron chi connectivity index (χ3n) is 6.56. The first-order chi connectivity index (χ1) is 19.5. The number of anilines is 1. The van der Waals surface area contributed by atoms with Gasteiger partial charge < -0.3 is 5.43 Å². The third kappa shape index (κ3) is 18.5. The molecule has 0 saturated heterocycles. The van der Waals surface area contributed by atoms with Crippen LogP contribution in [-0.4, -0.2) is 22.7 Å². The Morgan fingerprint density at radius 1 is 0.927 bits per heavy atom. The Hall–Kier alpha value is -2.59. The highest BCUT2D eigenvalue weighted by atomic mass is 19.4. The van der Waals surface area contributed by atoms with Crippen LogP contribution in [0.3, 0.4) is 0 Å². The van der Waals surface area contributed by atoms with Crippen molar-refractivity contribution < 1.29 is 13.2 Å². The number of aryl methyl sites for hydroxylation is 3. The second kappa shape index (κ2) is 22.1. The van der Waals surface area contributed by atoms with E-state index in [1.54, 1.807) is 0 Å². The zero-order valence-electron chi connectivity index (χ0n) is 27.1. The summed E-state index contributed by atoms with van der Waals surface area (Å²) in [5.74, 6) is 8.36. The summed E-state index contributed by atoms with van der Waals surface area (Å²) in [6, 6.07) is 4.61. The maximum Gasteiger partial charge on any atom is 0.402 e. The van der Waals surface area contributed by atoms with Crippen molar-refractivity contribution in [3.8, 4) is 11.8 Å². The molecule has 1 aliphatic rings. The Labute approximate surface area is 248 Å². The quantitative estimate of drug-likeness (QED) is 0.254. The average Bonchev–Trinajstić information content (AvgIpc) is 2.94. The summed E-state index contributed by atoms with van der Waals surface area (Å²) >= 11 is 0. The molecule has 7 heteroatoms. The van der Waals surface area contributed by atoms with E-state index in [9.17, 15) is 13.2 Å². The standard InChI is InChI=1S/C16H22.C9H13F3N4.C7H14.C2H6/c1-5-7-8-9-10-16-12-15(6-2)13(3)11-14(16)4;1-6(2)8-13-3-7(4-14-8)16-15-5-9(10,11)12;1-7-5-3-2-4-6-7;1-2/h11-12H,5-7,10H2,1-4H3;3-4,6,15-16H,5H2,1-2H3;7H,2-6H2,1H3;1-2H3. The zero-order chi connectivity index (χ0) is 31.3. The van der Waals surface area contributed by atoms with E-state index >= 15 is 0 Å². The van der Waals surface area contributed by atoms with Crippen molar-refractivity contribution in [2.45, 2.75) is 132 Å². The Balaban J connectivity index is 0.000000605. The Kier molecular flexibility index (Phi) is 20.7. The number of halogens is 3. The lowest BCUT2D eigenvalue weighted by molar-refractivity contribution is -0.123. The van der Waals surface area contributed by atoms with E-state index < -0.39 is 12.7 Å². The molecular weight excluding hydrogens is 521 g/mol. The van der Waals surface area contributed by atoms with Crippen LogP contribution < -0.4 is 10.9 Å². The molecule has 1 saturated carbocycles. The number of hydrogen-bond acceptors (Lipinski definition) is 4. The fourth-order valence-corrected chi connectivity index (χ4v) is 4.14. The molecule has 1 fully saturated rings. The van der Waals surface area contributed by atoms with Gasteiger partial charge >= 0.3 is 6.18 Å². The molecule has 1 aliphatic carbocycles. The van der Waals surface area contributed by atoms with Crippen molar-refractivity contribution in [1.82, 2.24) is 15.4 Å². The van der Waals surface area contributed by atoms with E-state index in [4.69, 9.17) is 0 Å². The van der Waals surface area contributed by atoms with E-state index in [1.807, 2.05) is 33.1 Å². The molecule has 0 spiro atoms. The average molecular weight is 577 g/mol. The van der Waals surface area contributed by atoms with E-state index in [0.717, 1.165) is 31.6 Å². The molecule has 0 atom stereocenters. The minimum Gasteiger partial charge on any atom is -0.318 e. The largest absolute Gasteiger partial charge is 0.402 e. The van der Waals surface area contributed by atoms with Crippen LogP contribution in [0.4, 0.5) is 18.9 Å². The van der Waals surface area contributed by atoms with Crippen molar-refractivity contribution in [2.24, 2.45) is 5.92 Å². The van der Waals surface area contributed by atoms with Gasteiger partial charge in [-0.05, 0) is 54.9 Å². The topological polar surface area (TPSA) is 49.8 Å². The normalized spacial score (nSPS) is 12.9. The number of aromatic nitrogens is 2. The van der Waals surface area contributed by atoms with Gasteiger partial charge in [-0.1, -0.05) is 98.6 Å². The predicted octanol–water partition coefficient (Wildman–Crippen LogP) is 9.90. The Morgan fingerprint density at radius 3 is 1.98 bits per heavy atom. The van der Waals surface area contributed by atoms with Crippen molar-refractivity contribution in [1.29, 1.82) is 0 Å². The van der Waals surface area contributed by atoms with Gasteiger partial charge in [0.15, 0.2) is 0 Å². The predicted molar refractivity (Wildman–Crippen MR) is 169 cm³/mol. The minimum atomic E-state index is -4.24. The number of benzene rings is 1. The van der Waals surface area contributed by atoms with Crippen LogP contribution in [0.5, 0.6) is 0 Å². The molecule has 0 amide bonds. The van der Waals surface area contributed by atoms with Gasteiger partial charge in [0.2, 0.25) is 0 Å². The molecule has 41 heavy (non-hydrogen) atoms. The second-order valence-electron chi connectivity index (χ2n) is 10.7. The molecule has 2 N–H and O–H groups in total. The first kappa shape index (κ1) is 38.4. The van der Waals surface area contributed by atoms with Crippen LogP contribution in [0.2, 0.25) is 0 Å². The van der Waals surface area contributed by atoms with Gasteiger partial charge in [-0.15, -0.1) is 5.92 Å². The molecule has 0 aliphatic heterocycles. The van der Waals surface area contributed by atoms with Gasteiger partial charge in [0.25, 0.3) is 0 Å². The maximum absolute atomic E-state index is 11.8. The van der Waals surface area contributed by atoms with E-state index in [-0.39, 0.29) is 5.92 Å². The van der Waals surface area contributed by atoms with Crippen LogP contribution in [-0.2, 0) is 12.8 Å². The number of hydrogen-bond donors (Lipinski definition) is 2. The molecule has 0 unspecified atom stereocenters. The van der Waals surface area contributed by atoms with Gasteiger partial charge in [0, 0.05) is 18.8 Å². The highest BCUT2D eigenvalue weighted by Crippen LogP contribution is 2.22. The zero-order valence-corrected chi connectivity index (χ0v) is 27.1. The fraction of sp³-hybridized carbons (Fsp3) is 0.647. The van der Waals surface area contributed by atoms with Gasteiger partial charge in [-0.2, -0.15) is 13.2 Å². The lowest BCUT2D eigenvalue weighted by Crippen LogP contribution is -2.33. The monoisotopic (exact) mass is 576 g/mol. The maximum atomic E-state index is 11.8. The first-order valence-corrected chi connectivity index (χ1v) is 15.4. The number of unbranched alkanes of at least 4 members (excludes halogenated alkanes) is 1. The van der Waals surface area contributed by atoms with Crippen molar-refractivity contribution in [3.05, 3.63) is 52.6 Å². The molecule has 1 heterocycles. The molecule has 1 aromatic heterocycles. The van der Waals surface area contributed by atoms with Crippen molar-refractivity contribution in [2.75, 3.05) is 12.0 Å². The lowest BCUT2D eigenvalue weighted by Gasteiger charge is -2.15. The highest BCUT2D eigenvalue weighted by molar-refractivity contribution is 5.39. The summed E-state index contributed by atoms with van der Waals surface area (Å²) in [6.07, 6.45) is 10.3. The van der Waals surface area contributed by atoms with Crippen LogP contribution in [0, 0.1) is 31.6 Å². The summed E-state index contributed by atoms with van der Waals surface area (Å²) in [7, 11) is 0. The number of nitrogens with zero attached hydrogens (tertiary/aromatic N) is 2. The molecule has 1 aromatic carbocycles. The number of hydrazine groups is 1. The molecule has 232 valence electrons. The van der Waals surface area contributed by atoms with Gasteiger partial charge in [-0.25, -0.2) is 15.4 Å². The number of rotatable bonds is 7. The fourth-order valence-electron chi connectivity index (χ4n) is 4.14. The minimum absolute atomic E-state index is 0.192. The van der Waals surface area contributed by atoms with E-state index in [0.29, 0.717) is 11.5 Å². The van der Waals surface area contributed by atoms with E-state index in [2.05, 4.69) is 74.0 Å². The molecule has 0 bridgehead atoms. The SMILES string of the molecule is CC.CC(C)c1ncc(NNCC(F)(F)F)cn1.CC1CCCCC1.CCCC#CCc1cc(CC)c(C)cc1C. The van der Waals surface area contributed by atoms with Crippen molar-refractivity contribution >= 4 is 5.69 Å². The summed E-state index contributed by atoms with van der Waals surface area (Å²) in [4.78, 5) is 8.00.